The van der Waals surface area contributed by atoms with Gasteiger partial charge < -0.3 is 32.4 Å². The summed E-state index contributed by atoms with van der Waals surface area (Å²) < 4.78 is 35.2. The van der Waals surface area contributed by atoms with E-state index in [1.165, 1.54) is 49.3 Å². The van der Waals surface area contributed by atoms with Crippen molar-refractivity contribution < 1.29 is 23.3 Å². The topological polar surface area (TPSA) is 56.0 Å². The molecule has 2 aliphatic rings. The van der Waals surface area contributed by atoms with E-state index in [2.05, 4.69) is 192 Å². The first-order chi connectivity index (χ1) is 29.0. The van der Waals surface area contributed by atoms with E-state index in [0.29, 0.717) is 0 Å². The fourth-order valence-electron chi connectivity index (χ4n) is 7.92. The third-order valence-corrected chi connectivity index (χ3v) is 13.2. The van der Waals surface area contributed by atoms with Crippen LogP contribution in [-0.2, 0) is 23.3 Å². The summed E-state index contributed by atoms with van der Waals surface area (Å²) >= 11 is 3.67. The SMILES string of the molecule is Brc1ccccc1-n1c2ccccc2c2ccccc21.CC(C)OB1OC(C)(C)C(C)(C)O1.CC1(C)OB(c2ccccc2-n2c3ccccc3c3ccccc32)OC1(C)C. The van der Waals surface area contributed by atoms with Crippen LogP contribution in [0.15, 0.2) is 150 Å². The number of benzene rings is 6. The van der Waals surface area contributed by atoms with Crippen LogP contribution in [0.1, 0.15) is 69.2 Å². The molecule has 2 saturated heterocycles. The lowest BCUT2D eigenvalue weighted by Gasteiger charge is -2.32. The Morgan fingerprint density at radius 1 is 0.443 bits per heavy atom. The molecule has 4 heterocycles. The van der Waals surface area contributed by atoms with Crippen molar-refractivity contribution in [1.82, 2.24) is 9.13 Å². The van der Waals surface area contributed by atoms with Crippen LogP contribution in [0.4, 0.5) is 0 Å². The molecule has 2 aromatic heterocycles. The second-order valence-electron chi connectivity index (χ2n) is 18.1. The smallest absolute Gasteiger partial charge is 0.399 e. The predicted octanol–water partition coefficient (Wildman–Crippen LogP) is 12.6. The van der Waals surface area contributed by atoms with Crippen molar-refractivity contribution in [1.29, 1.82) is 0 Å². The highest BCUT2D eigenvalue weighted by molar-refractivity contribution is 9.10. The van der Waals surface area contributed by atoms with Crippen LogP contribution in [0.3, 0.4) is 0 Å². The molecule has 0 atom stereocenters. The van der Waals surface area contributed by atoms with E-state index in [1.807, 2.05) is 47.6 Å². The summed E-state index contributed by atoms with van der Waals surface area (Å²) in [5, 5.41) is 5.08. The minimum atomic E-state index is -0.523. The van der Waals surface area contributed by atoms with E-state index in [9.17, 15) is 0 Å². The first kappa shape index (κ1) is 43.0. The van der Waals surface area contributed by atoms with Gasteiger partial charge in [0.05, 0.1) is 50.2 Å². The molecule has 0 spiro atoms. The quantitative estimate of drug-likeness (QED) is 0.161. The Hall–Kier alpha value is -4.67. The normalized spacial score (nSPS) is 17.5. The zero-order chi connectivity index (χ0) is 43.3. The molecule has 61 heavy (non-hydrogen) atoms. The second-order valence-corrected chi connectivity index (χ2v) is 18.9. The molecule has 2 aliphatic heterocycles. The predicted molar refractivity (Wildman–Crippen MR) is 257 cm³/mol. The molecular weight excluding hydrogens is 822 g/mol. The van der Waals surface area contributed by atoms with E-state index in [0.717, 1.165) is 15.6 Å². The summed E-state index contributed by atoms with van der Waals surface area (Å²) in [7, 11) is -0.925. The summed E-state index contributed by atoms with van der Waals surface area (Å²) in [5.74, 6) is 0. The van der Waals surface area contributed by atoms with Crippen molar-refractivity contribution in [3.63, 3.8) is 0 Å². The number of hydrogen-bond donors (Lipinski definition) is 0. The van der Waals surface area contributed by atoms with Crippen LogP contribution in [0, 0.1) is 0 Å². The van der Waals surface area contributed by atoms with Gasteiger partial charge in [-0.3, -0.25) is 0 Å². The van der Waals surface area contributed by atoms with E-state index in [4.69, 9.17) is 23.3 Å². The molecule has 10 heteroatoms. The largest absolute Gasteiger partial charge is 0.640 e. The van der Waals surface area contributed by atoms with Gasteiger partial charge >= 0.3 is 14.4 Å². The van der Waals surface area contributed by atoms with Crippen molar-refractivity contribution in [3.8, 4) is 11.4 Å². The van der Waals surface area contributed by atoms with Crippen LogP contribution in [0.25, 0.3) is 55.0 Å². The Morgan fingerprint density at radius 3 is 1.18 bits per heavy atom. The van der Waals surface area contributed by atoms with E-state index in [-0.39, 0.29) is 28.5 Å². The van der Waals surface area contributed by atoms with Gasteiger partial charge in [-0.15, -0.1) is 0 Å². The number of rotatable bonds is 5. The molecule has 2 fully saturated rings. The lowest BCUT2D eigenvalue weighted by Crippen LogP contribution is -2.41. The minimum absolute atomic E-state index is 0.120. The zero-order valence-electron chi connectivity index (χ0n) is 36.9. The highest BCUT2D eigenvalue weighted by Crippen LogP contribution is 2.39. The number of halogens is 1. The van der Waals surface area contributed by atoms with Crippen LogP contribution in [0.5, 0.6) is 0 Å². The average molecular weight is 878 g/mol. The maximum Gasteiger partial charge on any atom is 0.640 e. The van der Waals surface area contributed by atoms with Crippen molar-refractivity contribution in [3.05, 3.63) is 150 Å². The monoisotopic (exact) mass is 876 g/mol. The molecule has 10 rings (SSSR count). The molecule has 0 amide bonds. The van der Waals surface area contributed by atoms with Gasteiger partial charge in [0.15, 0.2) is 0 Å². The third kappa shape index (κ3) is 8.11. The summed E-state index contributed by atoms with van der Waals surface area (Å²) in [4.78, 5) is 0. The molecule has 0 N–H and O–H groups in total. The summed E-state index contributed by atoms with van der Waals surface area (Å²) in [5.41, 5.74) is 6.83. The maximum atomic E-state index is 6.38. The first-order valence-electron chi connectivity index (χ1n) is 21.2. The van der Waals surface area contributed by atoms with Gasteiger partial charge in [0, 0.05) is 43.3 Å². The number of fused-ring (bicyclic) bond motifs is 6. The Bertz CT molecular complexity index is 2710. The summed E-state index contributed by atoms with van der Waals surface area (Å²) in [6, 6.07) is 50.9. The lowest BCUT2D eigenvalue weighted by molar-refractivity contribution is 0.00578. The Labute approximate surface area is 369 Å². The minimum Gasteiger partial charge on any atom is -0.399 e. The Balaban J connectivity index is 0.000000136. The standard InChI is InChI=1S/C24H24BNO2.C18H12BrN.C9H19BO3/c1-23(2)24(3,4)28-25(27-23)19-13-7-10-16-22(19)26-20-14-8-5-11-17(20)18-12-6-9-15-21(18)26;19-15-9-3-6-12-18(15)20-16-10-4-1-7-13(16)14-8-2-5-11-17(14)20;1-7(2)11-10-12-8(3,4)9(5,6)13-10/h5-16H,1-4H3;1-12H;7H,1-6H3. The molecule has 312 valence electrons. The Kier molecular flexibility index (Phi) is 11.7. The molecule has 0 saturated carbocycles. The summed E-state index contributed by atoms with van der Waals surface area (Å²) in [6.07, 6.45) is 0.120. The van der Waals surface area contributed by atoms with Crippen LogP contribution in [0.2, 0.25) is 0 Å². The maximum absolute atomic E-state index is 6.38. The van der Waals surface area contributed by atoms with E-state index in [1.54, 1.807) is 0 Å². The highest BCUT2D eigenvalue weighted by Gasteiger charge is 2.54. The molecule has 7 nitrogen and oxygen atoms in total. The lowest BCUT2D eigenvalue weighted by atomic mass is 9.77. The van der Waals surface area contributed by atoms with Gasteiger partial charge in [0.1, 0.15) is 0 Å². The second kappa shape index (κ2) is 16.6. The van der Waals surface area contributed by atoms with Crippen molar-refractivity contribution in [2.24, 2.45) is 0 Å². The number of nitrogens with zero attached hydrogens (tertiary/aromatic N) is 2. The number of hydrogen-bond acceptors (Lipinski definition) is 5. The van der Waals surface area contributed by atoms with Crippen LogP contribution < -0.4 is 5.46 Å². The Morgan fingerprint density at radius 2 is 0.770 bits per heavy atom. The molecule has 0 bridgehead atoms. The van der Waals surface area contributed by atoms with Crippen LogP contribution in [-0.4, -0.2) is 52.1 Å². The van der Waals surface area contributed by atoms with Gasteiger partial charge in [-0.05, 0) is 128 Å². The third-order valence-electron chi connectivity index (χ3n) is 12.6. The zero-order valence-corrected chi connectivity index (χ0v) is 38.5. The first-order valence-corrected chi connectivity index (χ1v) is 22.0. The van der Waals surface area contributed by atoms with Crippen molar-refractivity contribution in [2.75, 3.05) is 0 Å². The van der Waals surface area contributed by atoms with Crippen molar-refractivity contribution >= 4 is 79.4 Å². The van der Waals surface area contributed by atoms with Crippen LogP contribution >= 0.6 is 15.9 Å². The molecule has 0 unspecified atom stereocenters. The average Bonchev–Trinajstić information content (AvgIpc) is 3.87. The molecule has 6 aromatic carbocycles. The fourth-order valence-corrected chi connectivity index (χ4v) is 8.39. The van der Waals surface area contributed by atoms with E-state index >= 15 is 0 Å². The number of para-hydroxylation sites is 6. The van der Waals surface area contributed by atoms with Gasteiger partial charge in [-0.1, -0.05) is 103 Å². The fraction of sp³-hybridized carbons (Fsp3) is 0.294. The van der Waals surface area contributed by atoms with Gasteiger partial charge in [0.25, 0.3) is 0 Å². The van der Waals surface area contributed by atoms with Gasteiger partial charge in [-0.2, -0.15) is 0 Å². The molecule has 8 aromatic rings. The molecular formula is C51H55B2BrN2O5. The van der Waals surface area contributed by atoms with E-state index < -0.39 is 14.4 Å². The van der Waals surface area contributed by atoms with Gasteiger partial charge in [0.2, 0.25) is 0 Å². The highest BCUT2D eigenvalue weighted by atomic mass is 79.9. The molecule has 0 radical (unpaired) electrons. The van der Waals surface area contributed by atoms with Gasteiger partial charge in [-0.25, -0.2) is 0 Å². The summed E-state index contributed by atoms with van der Waals surface area (Å²) in [6.45, 7) is 20.3. The molecule has 0 aliphatic carbocycles. The number of aromatic nitrogens is 2. The van der Waals surface area contributed by atoms with Crippen molar-refractivity contribution in [2.45, 2.75) is 97.7 Å².